The van der Waals surface area contributed by atoms with Crippen LogP contribution in [-0.4, -0.2) is 101 Å². The predicted octanol–water partition coefficient (Wildman–Crippen LogP) is 5.99. The first-order valence-electron chi connectivity index (χ1n) is 22.0. The minimum absolute atomic E-state index is 0.0110. The summed E-state index contributed by atoms with van der Waals surface area (Å²) in [4.78, 5) is 78.4. The molecule has 4 heterocycles. The van der Waals surface area contributed by atoms with E-state index in [0.717, 1.165) is 59.3 Å². The van der Waals surface area contributed by atoms with Gasteiger partial charge in [0.1, 0.15) is 25.1 Å². The number of hydrogen-bond acceptors (Lipinski definition) is 10. The smallest absolute Gasteiger partial charge is 0.410 e. The van der Waals surface area contributed by atoms with Crippen molar-refractivity contribution in [2.75, 3.05) is 45.9 Å². The van der Waals surface area contributed by atoms with E-state index in [9.17, 15) is 28.8 Å². The Morgan fingerprint density at radius 1 is 0.750 bits per heavy atom. The molecule has 0 aliphatic carbocycles. The lowest BCUT2D eigenvalue weighted by Gasteiger charge is -2.39. The van der Waals surface area contributed by atoms with Crippen LogP contribution in [0.25, 0.3) is 21.8 Å². The highest BCUT2D eigenvalue weighted by Crippen LogP contribution is 2.32. The standard InChI is InChI=1S/C34H44N4O6.C15H16N2O3/c1-6-35-32(40)27-21-31(39)37(28-19-23(2)7-9-26(27)28)16-15-36-13-11-25(12-14-36)38(33(41)44-34(3,4)5)22-24-8-10-29-30(20-24)43-18-17-42-29;1-3-16-15(20)12-9-14(19)17(6-7-18)13-8-10(2)4-5-11(12)13/h7-10,19-21,25H,6,11-18,22H2,1-5H3,(H,35,40);4-5,7-9H,3,6H2,1-2H3,(H,16,20). The van der Waals surface area contributed by atoms with E-state index < -0.39 is 5.60 Å². The normalized spacial score (nSPS) is 14.0. The molecule has 0 radical (unpaired) electrons. The van der Waals surface area contributed by atoms with Crippen molar-refractivity contribution in [1.29, 1.82) is 0 Å². The van der Waals surface area contributed by atoms with Crippen LogP contribution in [0.1, 0.15) is 84.9 Å². The highest BCUT2D eigenvalue weighted by molar-refractivity contribution is 6.07. The summed E-state index contributed by atoms with van der Waals surface area (Å²) in [5.74, 6) is 0.901. The number of benzene rings is 3. The summed E-state index contributed by atoms with van der Waals surface area (Å²) in [7, 11) is 0. The van der Waals surface area contributed by atoms with Crippen molar-refractivity contribution in [3.05, 3.63) is 115 Å². The average molecular weight is 877 g/mol. The van der Waals surface area contributed by atoms with Crippen molar-refractivity contribution in [3.63, 3.8) is 0 Å². The van der Waals surface area contributed by atoms with Gasteiger partial charge in [0.2, 0.25) is 0 Å². The third-order valence-corrected chi connectivity index (χ3v) is 11.2. The fraction of sp³-hybridized carbons (Fsp3) is 0.429. The number of rotatable bonds is 12. The van der Waals surface area contributed by atoms with Gasteiger partial charge in [-0.15, -0.1) is 0 Å². The van der Waals surface area contributed by atoms with Crippen molar-refractivity contribution in [2.24, 2.45) is 0 Å². The third-order valence-electron chi connectivity index (χ3n) is 11.2. The Labute approximate surface area is 373 Å². The van der Waals surface area contributed by atoms with Gasteiger partial charge in [-0.3, -0.25) is 19.2 Å². The molecule has 2 N–H and O–H groups in total. The molecule has 0 unspecified atom stereocenters. The number of nitrogens with zero attached hydrogens (tertiary/aromatic N) is 4. The predicted molar refractivity (Wildman–Crippen MR) is 247 cm³/mol. The van der Waals surface area contributed by atoms with Crippen LogP contribution in [0.3, 0.4) is 0 Å². The van der Waals surface area contributed by atoms with Crippen molar-refractivity contribution in [1.82, 2.24) is 29.6 Å². The van der Waals surface area contributed by atoms with E-state index in [-0.39, 0.29) is 41.6 Å². The lowest BCUT2D eigenvalue weighted by Crippen LogP contribution is -2.49. The second kappa shape index (κ2) is 20.8. The number of piperidine rings is 1. The Morgan fingerprint density at radius 3 is 1.84 bits per heavy atom. The third kappa shape index (κ3) is 11.4. The van der Waals surface area contributed by atoms with Gasteiger partial charge in [0, 0.05) is 74.8 Å². The quantitative estimate of drug-likeness (QED) is 0.142. The van der Waals surface area contributed by atoms with Crippen LogP contribution >= 0.6 is 0 Å². The van der Waals surface area contributed by atoms with E-state index in [1.807, 2.05) is 102 Å². The van der Waals surface area contributed by atoms with Crippen molar-refractivity contribution in [2.45, 2.75) is 92.6 Å². The first-order valence-corrected chi connectivity index (χ1v) is 22.0. The van der Waals surface area contributed by atoms with Crippen molar-refractivity contribution >= 4 is 46.0 Å². The van der Waals surface area contributed by atoms with Gasteiger partial charge in [0.15, 0.2) is 11.5 Å². The van der Waals surface area contributed by atoms with E-state index in [2.05, 4.69) is 15.5 Å². The van der Waals surface area contributed by atoms with Crippen LogP contribution in [0.15, 0.2) is 76.3 Å². The lowest BCUT2D eigenvalue weighted by molar-refractivity contribution is -0.108. The molecule has 15 nitrogen and oxygen atoms in total. The van der Waals surface area contributed by atoms with Gasteiger partial charge < -0.3 is 48.6 Å². The van der Waals surface area contributed by atoms with E-state index in [4.69, 9.17) is 14.2 Å². The van der Waals surface area contributed by atoms with Gasteiger partial charge in [0.05, 0.1) is 28.7 Å². The summed E-state index contributed by atoms with van der Waals surface area (Å²) in [5.41, 5.74) is 3.92. The Hall–Kier alpha value is -6.48. The highest BCUT2D eigenvalue weighted by atomic mass is 16.6. The van der Waals surface area contributed by atoms with Crippen LogP contribution in [0.2, 0.25) is 0 Å². The van der Waals surface area contributed by atoms with Crippen LogP contribution < -0.4 is 31.2 Å². The molecule has 0 spiro atoms. The van der Waals surface area contributed by atoms with E-state index in [1.54, 1.807) is 10.6 Å². The number of fused-ring (bicyclic) bond motifs is 3. The van der Waals surface area contributed by atoms with E-state index in [0.29, 0.717) is 80.0 Å². The molecule has 2 aromatic heterocycles. The maximum Gasteiger partial charge on any atom is 0.410 e. The number of carbonyl (C=O) groups is 4. The fourth-order valence-corrected chi connectivity index (χ4v) is 8.10. The van der Waals surface area contributed by atoms with Gasteiger partial charge in [-0.05, 0) is 102 Å². The number of aldehydes is 1. The molecule has 3 aromatic carbocycles. The molecule has 1 saturated heterocycles. The van der Waals surface area contributed by atoms with E-state index >= 15 is 0 Å². The van der Waals surface area contributed by atoms with Gasteiger partial charge in [-0.2, -0.15) is 0 Å². The molecule has 0 atom stereocenters. The maximum atomic E-state index is 13.4. The van der Waals surface area contributed by atoms with Crippen molar-refractivity contribution < 1.29 is 33.4 Å². The fourth-order valence-electron chi connectivity index (χ4n) is 8.10. The van der Waals surface area contributed by atoms with Crippen LogP contribution in [0.4, 0.5) is 4.79 Å². The molecule has 0 bridgehead atoms. The number of pyridine rings is 2. The maximum absolute atomic E-state index is 13.4. The SMILES string of the molecule is CCNC(=O)c1cc(=O)n(CC=O)c2cc(C)ccc12.CCNC(=O)c1cc(=O)n(CCN2CCC(N(Cc3ccc4c(c3)OCCO4)C(=O)OC(C)(C)C)CC2)c2cc(C)ccc12. The molecular formula is C49H60N6O9. The largest absolute Gasteiger partial charge is 0.486 e. The molecule has 1 fully saturated rings. The number of likely N-dealkylation sites (tertiary alicyclic amines) is 1. The number of amides is 3. The summed E-state index contributed by atoms with van der Waals surface area (Å²) in [5, 5.41) is 6.95. The number of nitrogens with one attached hydrogen (secondary N) is 2. The zero-order valence-corrected chi connectivity index (χ0v) is 38.0. The average Bonchev–Trinajstić information content (AvgIpc) is 3.25. The Morgan fingerprint density at radius 2 is 1.30 bits per heavy atom. The number of aromatic nitrogens is 2. The topological polar surface area (TPSA) is 171 Å². The first-order chi connectivity index (χ1) is 30.6. The number of ether oxygens (including phenoxy) is 3. The Balaban J connectivity index is 0.000000284. The second-order valence-corrected chi connectivity index (χ2v) is 17.1. The first kappa shape index (κ1) is 47.0. The van der Waals surface area contributed by atoms with Gasteiger partial charge >= 0.3 is 6.09 Å². The van der Waals surface area contributed by atoms with Gasteiger partial charge in [-0.25, -0.2) is 4.79 Å². The monoisotopic (exact) mass is 876 g/mol. The van der Waals surface area contributed by atoms with Crippen molar-refractivity contribution in [3.8, 4) is 11.5 Å². The number of aryl methyl sites for hydroxylation is 2. The zero-order valence-electron chi connectivity index (χ0n) is 38.0. The van der Waals surface area contributed by atoms with Gasteiger partial charge in [-0.1, -0.05) is 30.3 Å². The minimum Gasteiger partial charge on any atom is -0.486 e. The molecule has 2 aliphatic rings. The Bertz CT molecular complexity index is 2640. The summed E-state index contributed by atoms with van der Waals surface area (Å²) < 4.78 is 20.4. The molecule has 15 heteroatoms. The Kier molecular flexibility index (Phi) is 15.3. The summed E-state index contributed by atoms with van der Waals surface area (Å²) in [6, 6.07) is 19.9. The summed E-state index contributed by atoms with van der Waals surface area (Å²) in [6.07, 6.45) is 1.92. The highest BCUT2D eigenvalue weighted by Gasteiger charge is 2.32. The molecule has 7 rings (SSSR count). The number of carbonyl (C=O) groups excluding carboxylic acids is 4. The molecule has 2 aliphatic heterocycles. The molecule has 5 aromatic rings. The summed E-state index contributed by atoms with van der Waals surface area (Å²) >= 11 is 0. The molecule has 340 valence electrons. The second-order valence-electron chi connectivity index (χ2n) is 17.1. The molecule has 3 amide bonds. The molecular weight excluding hydrogens is 817 g/mol. The minimum atomic E-state index is -0.607. The molecule has 64 heavy (non-hydrogen) atoms. The summed E-state index contributed by atoms with van der Waals surface area (Å²) in [6.45, 7) is 18.4. The van der Waals surface area contributed by atoms with Crippen LogP contribution in [-0.2, 0) is 29.2 Å². The number of hydrogen-bond donors (Lipinski definition) is 2. The molecule has 0 saturated carbocycles. The zero-order chi connectivity index (χ0) is 46.1. The van der Waals surface area contributed by atoms with Crippen LogP contribution in [0, 0.1) is 13.8 Å². The van der Waals surface area contributed by atoms with E-state index in [1.165, 1.54) is 16.7 Å². The lowest BCUT2D eigenvalue weighted by atomic mass is 10.0. The van der Waals surface area contributed by atoms with Crippen LogP contribution in [0.5, 0.6) is 11.5 Å². The van der Waals surface area contributed by atoms with Gasteiger partial charge in [0.25, 0.3) is 22.9 Å².